The molecule has 0 saturated carbocycles. The molecule has 0 spiro atoms. The number of likely N-dealkylation sites (tertiary alicyclic amines) is 1. The summed E-state index contributed by atoms with van der Waals surface area (Å²) >= 11 is 5.77. The van der Waals surface area contributed by atoms with Crippen LogP contribution in [0.3, 0.4) is 0 Å². The van der Waals surface area contributed by atoms with Gasteiger partial charge in [0.25, 0.3) is 5.91 Å². The van der Waals surface area contributed by atoms with Crippen LogP contribution in [0.2, 0.25) is 0 Å². The molecule has 1 saturated heterocycles. The van der Waals surface area contributed by atoms with E-state index in [-0.39, 0.29) is 17.2 Å². The molecule has 1 aliphatic rings. The Balaban J connectivity index is 2.18. The molecular formula is C15H19ClFNO2. The average Bonchev–Trinajstić information content (AvgIpc) is 2.47. The van der Waals surface area contributed by atoms with Crippen LogP contribution in [-0.4, -0.2) is 36.9 Å². The van der Waals surface area contributed by atoms with Crippen LogP contribution in [0.5, 0.6) is 5.75 Å². The van der Waals surface area contributed by atoms with E-state index in [9.17, 15) is 9.18 Å². The minimum atomic E-state index is -0.534. The lowest BCUT2D eigenvalue weighted by Gasteiger charge is -2.33. The van der Waals surface area contributed by atoms with E-state index in [1.807, 2.05) is 0 Å². The minimum absolute atomic E-state index is 0.0292. The van der Waals surface area contributed by atoms with E-state index in [0.29, 0.717) is 24.9 Å². The van der Waals surface area contributed by atoms with Gasteiger partial charge >= 0.3 is 0 Å². The van der Waals surface area contributed by atoms with Gasteiger partial charge in [0.1, 0.15) is 17.1 Å². The van der Waals surface area contributed by atoms with Gasteiger partial charge in [-0.25, -0.2) is 4.39 Å². The van der Waals surface area contributed by atoms with Crippen molar-refractivity contribution >= 4 is 17.5 Å². The number of halogens is 2. The number of rotatable bonds is 4. The molecule has 1 atom stereocenters. The smallest absolute Gasteiger partial charge is 0.260 e. The molecule has 0 aromatic heterocycles. The summed E-state index contributed by atoms with van der Waals surface area (Å²) in [6.45, 7) is 1.30. The number of nitrogens with zero attached hydrogens (tertiary/aromatic N) is 1. The van der Waals surface area contributed by atoms with Crippen LogP contribution in [0.25, 0.3) is 0 Å². The lowest BCUT2D eigenvalue weighted by Crippen LogP contribution is -2.40. The molecule has 20 heavy (non-hydrogen) atoms. The van der Waals surface area contributed by atoms with Gasteiger partial charge in [-0.2, -0.15) is 0 Å². The van der Waals surface area contributed by atoms with Crippen molar-refractivity contribution in [1.29, 1.82) is 0 Å². The van der Waals surface area contributed by atoms with E-state index >= 15 is 0 Å². The van der Waals surface area contributed by atoms with Crippen LogP contribution in [-0.2, 0) is 0 Å². The first-order valence-electron chi connectivity index (χ1n) is 6.85. The third kappa shape index (κ3) is 3.23. The number of methoxy groups -OCH3 is 1. The van der Waals surface area contributed by atoms with E-state index in [2.05, 4.69) is 0 Å². The van der Waals surface area contributed by atoms with E-state index in [4.69, 9.17) is 16.3 Å². The summed E-state index contributed by atoms with van der Waals surface area (Å²) in [7, 11) is 1.44. The molecule has 5 heteroatoms. The molecule has 2 rings (SSSR count). The monoisotopic (exact) mass is 299 g/mol. The highest BCUT2D eigenvalue weighted by molar-refractivity contribution is 6.17. The lowest BCUT2D eigenvalue weighted by atomic mass is 9.95. The molecule has 1 aromatic rings. The maximum absolute atomic E-state index is 13.9. The van der Waals surface area contributed by atoms with Gasteiger partial charge in [-0.15, -0.1) is 11.6 Å². The predicted molar refractivity (Wildman–Crippen MR) is 76.9 cm³/mol. The van der Waals surface area contributed by atoms with Crippen molar-refractivity contribution in [2.75, 3.05) is 26.1 Å². The third-order valence-corrected chi connectivity index (χ3v) is 3.95. The van der Waals surface area contributed by atoms with Crippen LogP contribution in [0.15, 0.2) is 18.2 Å². The van der Waals surface area contributed by atoms with Crippen molar-refractivity contribution in [3.8, 4) is 5.75 Å². The number of alkyl halides is 1. The Morgan fingerprint density at radius 3 is 3.05 bits per heavy atom. The summed E-state index contributed by atoms with van der Waals surface area (Å²) in [6.07, 6.45) is 2.90. The highest BCUT2D eigenvalue weighted by Gasteiger charge is 2.27. The molecule has 1 fully saturated rings. The van der Waals surface area contributed by atoms with Crippen LogP contribution in [0, 0.1) is 11.7 Å². The molecule has 1 heterocycles. The fraction of sp³-hybridized carbons (Fsp3) is 0.533. The Morgan fingerprint density at radius 1 is 1.55 bits per heavy atom. The fourth-order valence-electron chi connectivity index (χ4n) is 2.68. The largest absolute Gasteiger partial charge is 0.496 e. The lowest BCUT2D eigenvalue weighted by molar-refractivity contribution is 0.0663. The standard InChI is InChI=1S/C15H19ClFNO2/c1-20-13-6-2-5-12(17)14(13)15(19)18-9-3-4-11(10-18)7-8-16/h2,5-6,11H,3-4,7-10H2,1H3. The zero-order chi connectivity index (χ0) is 14.5. The quantitative estimate of drug-likeness (QED) is 0.798. The van der Waals surface area contributed by atoms with Gasteiger partial charge in [-0.3, -0.25) is 4.79 Å². The summed E-state index contributed by atoms with van der Waals surface area (Å²) in [5.41, 5.74) is 0.0292. The summed E-state index contributed by atoms with van der Waals surface area (Å²) in [5, 5.41) is 0. The molecule has 1 aliphatic heterocycles. The fourth-order valence-corrected chi connectivity index (χ4v) is 2.99. The molecule has 0 aliphatic carbocycles. The Morgan fingerprint density at radius 2 is 2.35 bits per heavy atom. The van der Waals surface area contributed by atoms with Crippen LogP contribution >= 0.6 is 11.6 Å². The van der Waals surface area contributed by atoms with Crippen molar-refractivity contribution in [2.24, 2.45) is 5.92 Å². The molecule has 110 valence electrons. The molecule has 3 nitrogen and oxygen atoms in total. The topological polar surface area (TPSA) is 29.5 Å². The van der Waals surface area contributed by atoms with Crippen LogP contribution in [0.1, 0.15) is 29.6 Å². The van der Waals surface area contributed by atoms with Gasteiger partial charge in [-0.05, 0) is 37.3 Å². The first kappa shape index (κ1) is 15.1. The summed E-state index contributed by atoms with van der Waals surface area (Å²) in [6, 6.07) is 4.43. The number of piperidine rings is 1. The summed E-state index contributed by atoms with van der Waals surface area (Å²) in [4.78, 5) is 14.2. The van der Waals surface area contributed by atoms with Gasteiger partial charge in [-0.1, -0.05) is 6.07 Å². The summed E-state index contributed by atoms with van der Waals surface area (Å²) in [5.74, 6) is 0.459. The Kier molecular flexibility index (Phi) is 5.24. The van der Waals surface area contributed by atoms with Gasteiger partial charge in [0.15, 0.2) is 0 Å². The zero-order valence-electron chi connectivity index (χ0n) is 11.6. The third-order valence-electron chi connectivity index (χ3n) is 3.73. The molecule has 0 radical (unpaired) electrons. The van der Waals surface area contributed by atoms with E-state index in [0.717, 1.165) is 19.3 Å². The number of hydrogen-bond acceptors (Lipinski definition) is 2. The van der Waals surface area contributed by atoms with Crippen molar-refractivity contribution in [2.45, 2.75) is 19.3 Å². The van der Waals surface area contributed by atoms with E-state index < -0.39 is 5.82 Å². The normalized spacial score (nSPS) is 18.9. The summed E-state index contributed by atoms with van der Waals surface area (Å²) < 4.78 is 19.0. The second-order valence-corrected chi connectivity index (χ2v) is 5.43. The number of hydrogen-bond donors (Lipinski definition) is 0. The molecule has 0 bridgehead atoms. The molecule has 1 aromatic carbocycles. The Labute approximate surface area is 123 Å². The first-order chi connectivity index (χ1) is 9.67. The molecule has 0 N–H and O–H groups in total. The number of amides is 1. The molecule has 1 amide bonds. The van der Waals surface area contributed by atoms with Crippen molar-refractivity contribution in [3.05, 3.63) is 29.6 Å². The zero-order valence-corrected chi connectivity index (χ0v) is 12.3. The second kappa shape index (κ2) is 6.93. The molecular weight excluding hydrogens is 281 g/mol. The molecule has 1 unspecified atom stereocenters. The van der Waals surface area contributed by atoms with Gasteiger partial charge in [0.05, 0.1) is 7.11 Å². The van der Waals surface area contributed by atoms with Crippen LogP contribution in [0.4, 0.5) is 4.39 Å². The van der Waals surface area contributed by atoms with E-state index in [1.165, 1.54) is 19.2 Å². The van der Waals surface area contributed by atoms with Gasteiger partial charge in [0, 0.05) is 19.0 Å². The van der Waals surface area contributed by atoms with Crippen LogP contribution < -0.4 is 4.74 Å². The maximum Gasteiger partial charge on any atom is 0.260 e. The number of carbonyl (C=O) groups is 1. The number of ether oxygens (including phenoxy) is 1. The van der Waals surface area contributed by atoms with E-state index in [1.54, 1.807) is 11.0 Å². The second-order valence-electron chi connectivity index (χ2n) is 5.05. The number of carbonyl (C=O) groups excluding carboxylic acids is 1. The highest BCUT2D eigenvalue weighted by atomic mass is 35.5. The van der Waals surface area contributed by atoms with Crippen molar-refractivity contribution in [1.82, 2.24) is 4.90 Å². The van der Waals surface area contributed by atoms with Gasteiger partial charge < -0.3 is 9.64 Å². The Bertz CT molecular complexity index is 479. The average molecular weight is 300 g/mol. The van der Waals surface area contributed by atoms with Crippen molar-refractivity contribution < 1.29 is 13.9 Å². The highest BCUT2D eigenvalue weighted by Crippen LogP contribution is 2.26. The van der Waals surface area contributed by atoms with Gasteiger partial charge in [0.2, 0.25) is 0 Å². The first-order valence-corrected chi connectivity index (χ1v) is 7.38. The maximum atomic E-state index is 13.9. The number of benzene rings is 1. The predicted octanol–water partition coefficient (Wildman–Crippen LogP) is 3.32. The minimum Gasteiger partial charge on any atom is -0.496 e. The Hall–Kier alpha value is -1.29. The van der Waals surface area contributed by atoms with Crippen molar-refractivity contribution in [3.63, 3.8) is 0 Å². The SMILES string of the molecule is COc1cccc(F)c1C(=O)N1CCCC(CCCl)C1.